The van der Waals surface area contributed by atoms with Crippen molar-refractivity contribution in [3.05, 3.63) is 82.4 Å². The molecule has 0 spiro atoms. The van der Waals surface area contributed by atoms with Crippen molar-refractivity contribution in [1.82, 2.24) is 4.98 Å². The van der Waals surface area contributed by atoms with Crippen molar-refractivity contribution >= 4 is 44.1 Å². The van der Waals surface area contributed by atoms with Crippen molar-refractivity contribution in [2.24, 2.45) is 0 Å². The molecule has 194 valence electrons. The van der Waals surface area contributed by atoms with E-state index in [1.165, 1.54) is 30.5 Å². The topological polar surface area (TPSA) is 98.2 Å². The maximum absolute atomic E-state index is 13.6. The normalized spacial score (nSPS) is 16.8. The number of aryl methyl sites for hydroxylation is 2. The predicted molar refractivity (Wildman–Crippen MR) is 146 cm³/mol. The quantitative estimate of drug-likeness (QED) is 0.198. The lowest BCUT2D eigenvalue weighted by Gasteiger charge is -2.25. The monoisotopic (exact) mass is 530 g/mol. The second-order valence-corrected chi connectivity index (χ2v) is 9.91. The molecule has 8 nitrogen and oxygen atoms in total. The van der Waals surface area contributed by atoms with Crippen LogP contribution in [0.2, 0.25) is 0 Å². The summed E-state index contributed by atoms with van der Waals surface area (Å²) in [6.07, 6.45) is 0. The summed E-state index contributed by atoms with van der Waals surface area (Å²) >= 11 is 1.30. The van der Waals surface area contributed by atoms with Gasteiger partial charge in [0.05, 0.1) is 37.1 Å². The SMILES string of the molecule is COc1ccc(C(O)=C2C(=O)C(=O)N(c3nc4ccc(C)cc4s3)[C@H]2c2cccc(OC)c2OC)cc1C. The minimum absolute atomic E-state index is 0.0680. The number of carbonyl (C=O) groups excluding carboxylic acids is 2. The van der Waals surface area contributed by atoms with E-state index in [-0.39, 0.29) is 11.3 Å². The average Bonchev–Trinajstić information content (AvgIpc) is 3.44. The minimum Gasteiger partial charge on any atom is -0.507 e. The first kappa shape index (κ1) is 25.3. The predicted octanol–water partition coefficient (Wildman–Crippen LogP) is 5.57. The zero-order valence-electron chi connectivity index (χ0n) is 21.6. The number of methoxy groups -OCH3 is 3. The summed E-state index contributed by atoms with van der Waals surface area (Å²) in [4.78, 5) is 33.2. The number of rotatable bonds is 6. The molecule has 0 radical (unpaired) electrons. The van der Waals surface area contributed by atoms with Crippen LogP contribution in [0.5, 0.6) is 17.2 Å². The van der Waals surface area contributed by atoms with E-state index in [9.17, 15) is 14.7 Å². The summed E-state index contributed by atoms with van der Waals surface area (Å²) in [7, 11) is 4.55. The molecule has 1 amide bonds. The molecule has 0 aliphatic carbocycles. The summed E-state index contributed by atoms with van der Waals surface area (Å²) < 4.78 is 17.4. The lowest BCUT2D eigenvalue weighted by Crippen LogP contribution is -2.29. The Balaban J connectivity index is 1.78. The zero-order chi connectivity index (χ0) is 27.1. The van der Waals surface area contributed by atoms with Crippen molar-refractivity contribution in [2.45, 2.75) is 19.9 Å². The highest BCUT2D eigenvalue weighted by Crippen LogP contribution is 2.48. The van der Waals surface area contributed by atoms with Gasteiger partial charge < -0.3 is 19.3 Å². The van der Waals surface area contributed by atoms with Gasteiger partial charge in [-0.2, -0.15) is 0 Å². The van der Waals surface area contributed by atoms with Crippen LogP contribution in [0.3, 0.4) is 0 Å². The molecule has 1 N–H and O–H groups in total. The van der Waals surface area contributed by atoms with Crippen LogP contribution < -0.4 is 19.1 Å². The molecule has 0 unspecified atom stereocenters. The van der Waals surface area contributed by atoms with Crippen LogP contribution >= 0.6 is 11.3 Å². The second kappa shape index (κ2) is 9.83. The number of aromatic nitrogens is 1. The van der Waals surface area contributed by atoms with Crippen molar-refractivity contribution in [3.8, 4) is 17.2 Å². The first-order valence-corrected chi connectivity index (χ1v) is 12.6. The number of benzene rings is 3. The van der Waals surface area contributed by atoms with E-state index in [2.05, 4.69) is 4.98 Å². The number of ketones is 1. The molecule has 0 saturated carbocycles. The van der Waals surface area contributed by atoms with Gasteiger partial charge in [0, 0.05) is 11.1 Å². The van der Waals surface area contributed by atoms with Gasteiger partial charge in [0.25, 0.3) is 5.78 Å². The number of anilines is 1. The fourth-order valence-electron chi connectivity index (χ4n) is 4.76. The molecule has 9 heteroatoms. The van der Waals surface area contributed by atoms with Crippen LogP contribution in [0.25, 0.3) is 16.0 Å². The first-order chi connectivity index (χ1) is 18.3. The number of fused-ring (bicyclic) bond motifs is 1. The first-order valence-electron chi connectivity index (χ1n) is 11.8. The van der Waals surface area contributed by atoms with E-state index >= 15 is 0 Å². The van der Waals surface area contributed by atoms with E-state index in [0.717, 1.165) is 15.8 Å². The van der Waals surface area contributed by atoms with E-state index in [4.69, 9.17) is 14.2 Å². The van der Waals surface area contributed by atoms with Crippen molar-refractivity contribution in [3.63, 3.8) is 0 Å². The van der Waals surface area contributed by atoms with Gasteiger partial charge in [-0.05, 0) is 61.4 Å². The average molecular weight is 531 g/mol. The molecule has 1 atom stereocenters. The highest BCUT2D eigenvalue weighted by atomic mass is 32.1. The lowest BCUT2D eigenvalue weighted by atomic mass is 9.94. The molecular weight excluding hydrogens is 504 g/mol. The Hall–Kier alpha value is -4.37. The van der Waals surface area contributed by atoms with Crippen molar-refractivity contribution in [2.75, 3.05) is 26.2 Å². The van der Waals surface area contributed by atoms with Crippen molar-refractivity contribution < 1.29 is 28.9 Å². The van der Waals surface area contributed by atoms with Crippen LogP contribution in [0.1, 0.15) is 28.3 Å². The third-order valence-electron chi connectivity index (χ3n) is 6.58. The molecular formula is C29H26N2O6S. The van der Waals surface area contributed by atoms with Gasteiger partial charge in [-0.25, -0.2) is 4.98 Å². The molecule has 1 aliphatic heterocycles. The number of aliphatic hydroxyl groups excluding tert-OH is 1. The maximum Gasteiger partial charge on any atom is 0.301 e. The smallest absolute Gasteiger partial charge is 0.301 e. The van der Waals surface area contributed by atoms with Crippen LogP contribution in [0.4, 0.5) is 5.13 Å². The van der Waals surface area contributed by atoms with Gasteiger partial charge in [-0.3, -0.25) is 14.5 Å². The van der Waals surface area contributed by atoms with Crippen molar-refractivity contribution in [1.29, 1.82) is 0 Å². The summed E-state index contributed by atoms with van der Waals surface area (Å²) in [6, 6.07) is 15.1. The third-order valence-corrected chi connectivity index (χ3v) is 7.60. The highest BCUT2D eigenvalue weighted by molar-refractivity contribution is 7.22. The molecule has 2 heterocycles. The Bertz CT molecular complexity index is 1620. The molecule has 38 heavy (non-hydrogen) atoms. The van der Waals surface area contributed by atoms with Gasteiger partial charge in [0.2, 0.25) is 0 Å². The number of Topliss-reactive ketones (excluding diaryl/α,β-unsaturated/α-hetero) is 1. The molecule has 1 aromatic heterocycles. The van der Waals surface area contributed by atoms with Crippen LogP contribution in [0, 0.1) is 13.8 Å². The van der Waals surface area contributed by atoms with E-state index in [1.54, 1.807) is 43.5 Å². The number of hydrogen-bond acceptors (Lipinski definition) is 8. The molecule has 4 aromatic rings. The van der Waals surface area contributed by atoms with Crippen LogP contribution in [0.15, 0.2) is 60.2 Å². The molecule has 3 aromatic carbocycles. The van der Waals surface area contributed by atoms with Gasteiger partial charge in [0.15, 0.2) is 16.6 Å². The zero-order valence-corrected chi connectivity index (χ0v) is 22.4. The number of ether oxygens (including phenoxy) is 3. The number of hydrogen-bond donors (Lipinski definition) is 1. The Labute approximate surface area is 223 Å². The molecule has 1 saturated heterocycles. The number of thiazole rings is 1. The van der Waals surface area contributed by atoms with Gasteiger partial charge >= 0.3 is 5.91 Å². The van der Waals surface area contributed by atoms with E-state index in [0.29, 0.717) is 39.0 Å². The standard InChI is InChI=1S/C29H26N2O6S/c1-15-9-11-19-22(13-15)38-29(30-19)31-24(18-7-6-8-21(36-4)27(18)37-5)23(26(33)28(31)34)25(32)17-10-12-20(35-3)16(2)14-17/h6-14,24,32H,1-5H3/t24-/m0/s1. The molecule has 1 fully saturated rings. The number of para-hydroxylation sites is 1. The summed E-state index contributed by atoms with van der Waals surface area (Å²) in [6.45, 7) is 3.81. The summed E-state index contributed by atoms with van der Waals surface area (Å²) in [5.41, 5.74) is 3.32. The molecule has 5 rings (SSSR count). The van der Waals surface area contributed by atoms with Crippen LogP contribution in [-0.4, -0.2) is 43.1 Å². The van der Waals surface area contributed by atoms with E-state index in [1.807, 2.05) is 32.0 Å². The minimum atomic E-state index is -1.01. The van der Waals surface area contributed by atoms with Crippen LogP contribution in [-0.2, 0) is 9.59 Å². The summed E-state index contributed by atoms with van der Waals surface area (Å²) in [5, 5.41) is 11.8. The fraction of sp³-hybridized carbons (Fsp3) is 0.207. The number of nitrogens with zero attached hydrogens (tertiary/aromatic N) is 2. The van der Waals surface area contributed by atoms with Gasteiger partial charge in [-0.15, -0.1) is 0 Å². The third kappa shape index (κ3) is 4.05. The molecule has 0 bridgehead atoms. The number of carbonyl (C=O) groups is 2. The summed E-state index contributed by atoms with van der Waals surface area (Å²) in [5.74, 6) is -0.499. The molecule has 1 aliphatic rings. The van der Waals surface area contributed by atoms with E-state index < -0.39 is 17.7 Å². The highest BCUT2D eigenvalue weighted by Gasteiger charge is 2.49. The second-order valence-electron chi connectivity index (χ2n) is 8.90. The number of aliphatic hydroxyl groups is 1. The lowest BCUT2D eigenvalue weighted by molar-refractivity contribution is -0.132. The maximum atomic E-state index is 13.6. The number of amides is 1. The van der Waals surface area contributed by atoms with Gasteiger partial charge in [0.1, 0.15) is 17.6 Å². The fourth-order valence-corrected chi connectivity index (χ4v) is 5.85. The Morgan fingerprint density at radius 1 is 0.947 bits per heavy atom. The van der Waals surface area contributed by atoms with Gasteiger partial charge in [-0.1, -0.05) is 29.5 Å². The Morgan fingerprint density at radius 2 is 1.71 bits per heavy atom. The largest absolute Gasteiger partial charge is 0.507 e. The Kier molecular flexibility index (Phi) is 6.54. The Morgan fingerprint density at radius 3 is 2.39 bits per heavy atom.